The van der Waals surface area contributed by atoms with Crippen molar-refractivity contribution in [2.45, 2.75) is 12.3 Å². The van der Waals surface area contributed by atoms with Crippen molar-refractivity contribution in [2.75, 3.05) is 11.4 Å². The maximum absolute atomic E-state index is 13.3. The first-order valence-electron chi connectivity index (χ1n) is 5.85. The van der Waals surface area contributed by atoms with E-state index in [0.717, 1.165) is 30.0 Å². The van der Waals surface area contributed by atoms with Crippen LogP contribution in [-0.4, -0.2) is 11.5 Å². The van der Waals surface area contributed by atoms with Crippen LogP contribution in [0.25, 0.3) is 0 Å². The molecule has 2 heterocycles. The fourth-order valence-electron chi connectivity index (χ4n) is 2.33. The van der Waals surface area contributed by atoms with Crippen molar-refractivity contribution in [2.24, 2.45) is 0 Å². The van der Waals surface area contributed by atoms with E-state index in [1.54, 1.807) is 12.3 Å². The lowest BCUT2D eigenvalue weighted by Crippen LogP contribution is -2.13. The highest BCUT2D eigenvalue weighted by molar-refractivity contribution is 6.16. The molecule has 3 rings (SSSR count). The van der Waals surface area contributed by atoms with E-state index in [-0.39, 0.29) is 5.82 Å². The van der Waals surface area contributed by atoms with Crippen LogP contribution in [0.1, 0.15) is 11.3 Å². The number of rotatable bonds is 2. The fourth-order valence-corrected chi connectivity index (χ4v) is 2.47. The molecule has 1 aromatic heterocycles. The van der Waals surface area contributed by atoms with Crippen molar-refractivity contribution >= 4 is 23.0 Å². The molecular weight excluding hydrogens is 251 g/mol. The maximum Gasteiger partial charge on any atom is 0.125 e. The van der Waals surface area contributed by atoms with E-state index in [1.807, 2.05) is 18.2 Å². The van der Waals surface area contributed by atoms with E-state index in [1.165, 1.54) is 11.6 Å². The second-order valence-electron chi connectivity index (χ2n) is 4.31. The largest absolute Gasteiger partial charge is 0.341 e. The predicted octanol–water partition coefficient (Wildman–Crippen LogP) is 3.65. The first-order valence-corrected chi connectivity index (χ1v) is 6.38. The number of alkyl halides is 1. The van der Waals surface area contributed by atoms with Crippen molar-refractivity contribution in [1.29, 1.82) is 0 Å². The van der Waals surface area contributed by atoms with Crippen LogP contribution >= 0.6 is 11.6 Å². The number of halogens is 2. The lowest BCUT2D eigenvalue weighted by atomic mass is 10.1. The summed E-state index contributed by atoms with van der Waals surface area (Å²) < 4.78 is 13.3. The number of pyridine rings is 1. The second-order valence-corrected chi connectivity index (χ2v) is 4.58. The molecule has 0 saturated heterocycles. The van der Waals surface area contributed by atoms with E-state index < -0.39 is 0 Å². The molecule has 0 fully saturated rings. The summed E-state index contributed by atoms with van der Waals surface area (Å²) in [5, 5.41) is 0. The number of benzene rings is 1. The van der Waals surface area contributed by atoms with Gasteiger partial charge in [-0.25, -0.2) is 4.39 Å². The van der Waals surface area contributed by atoms with E-state index in [0.29, 0.717) is 5.88 Å². The highest BCUT2D eigenvalue weighted by Gasteiger charge is 2.21. The van der Waals surface area contributed by atoms with Crippen LogP contribution in [0.2, 0.25) is 0 Å². The molecule has 0 bridgehead atoms. The number of fused-ring (bicyclic) bond motifs is 1. The molecule has 1 aromatic carbocycles. The first-order chi connectivity index (χ1) is 8.78. The van der Waals surface area contributed by atoms with Gasteiger partial charge >= 0.3 is 0 Å². The summed E-state index contributed by atoms with van der Waals surface area (Å²) in [6.07, 6.45) is 2.68. The summed E-state index contributed by atoms with van der Waals surface area (Å²) >= 11 is 5.79. The highest BCUT2D eigenvalue weighted by atomic mass is 35.5. The average Bonchev–Trinajstić information content (AvgIpc) is 2.81. The Morgan fingerprint density at radius 1 is 1.28 bits per heavy atom. The first kappa shape index (κ1) is 11.5. The van der Waals surface area contributed by atoms with Crippen LogP contribution in [0.4, 0.5) is 15.8 Å². The molecule has 18 heavy (non-hydrogen) atoms. The van der Waals surface area contributed by atoms with Crippen molar-refractivity contribution < 1.29 is 4.39 Å². The van der Waals surface area contributed by atoms with Crippen LogP contribution in [-0.2, 0) is 12.3 Å². The van der Waals surface area contributed by atoms with Crippen molar-refractivity contribution in [3.8, 4) is 0 Å². The fraction of sp³-hybridized carbons (Fsp3) is 0.214. The van der Waals surface area contributed by atoms with E-state index >= 15 is 0 Å². The van der Waals surface area contributed by atoms with Gasteiger partial charge in [-0.3, -0.25) is 4.98 Å². The third kappa shape index (κ3) is 1.95. The molecule has 2 aromatic rings. The number of nitrogens with zero attached hydrogens (tertiary/aromatic N) is 2. The summed E-state index contributed by atoms with van der Waals surface area (Å²) in [4.78, 5) is 6.28. The number of anilines is 2. The van der Waals surface area contributed by atoms with Crippen molar-refractivity contribution in [3.63, 3.8) is 0 Å². The molecule has 0 spiro atoms. The second kappa shape index (κ2) is 4.58. The molecular formula is C14H12ClFN2. The van der Waals surface area contributed by atoms with Gasteiger partial charge in [0.05, 0.1) is 11.6 Å². The zero-order chi connectivity index (χ0) is 12.5. The molecule has 0 radical (unpaired) electrons. The third-order valence-corrected chi connectivity index (χ3v) is 3.47. The molecule has 0 aliphatic carbocycles. The smallest absolute Gasteiger partial charge is 0.125 e. The minimum absolute atomic E-state index is 0.202. The summed E-state index contributed by atoms with van der Waals surface area (Å²) in [5.41, 5.74) is 3.98. The standard InChI is InChI=1S/C14H12ClFN2/c15-9-12-8-13(3-5-17-12)18-6-4-10-1-2-11(16)7-14(10)18/h1-3,5,7-8H,4,6,9H2. The minimum Gasteiger partial charge on any atom is -0.341 e. The van der Waals surface area contributed by atoms with Gasteiger partial charge in [0.15, 0.2) is 0 Å². The quantitative estimate of drug-likeness (QED) is 0.768. The molecule has 0 N–H and O–H groups in total. The average molecular weight is 263 g/mol. The topological polar surface area (TPSA) is 16.1 Å². The van der Waals surface area contributed by atoms with E-state index in [9.17, 15) is 4.39 Å². The van der Waals surface area contributed by atoms with Gasteiger partial charge in [-0.05, 0) is 36.2 Å². The van der Waals surface area contributed by atoms with Crippen LogP contribution in [0, 0.1) is 5.82 Å². The van der Waals surface area contributed by atoms with Gasteiger partial charge in [-0.15, -0.1) is 11.6 Å². The summed E-state index contributed by atoms with van der Waals surface area (Å²) in [6, 6.07) is 8.83. The number of aromatic nitrogens is 1. The molecule has 0 saturated carbocycles. The molecule has 4 heteroatoms. The Kier molecular flexibility index (Phi) is 2.92. The Morgan fingerprint density at radius 3 is 3.00 bits per heavy atom. The monoisotopic (exact) mass is 262 g/mol. The minimum atomic E-state index is -0.202. The molecule has 0 amide bonds. The number of hydrogen-bond acceptors (Lipinski definition) is 2. The molecule has 0 unspecified atom stereocenters. The Labute approximate surface area is 110 Å². The predicted molar refractivity (Wildman–Crippen MR) is 70.9 cm³/mol. The van der Waals surface area contributed by atoms with Crippen molar-refractivity contribution in [1.82, 2.24) is 4.98 Å². The van der Waals surface area contributed by atoms with E-state index in [2.05, 4.69) is 9.88 Å². The van der Waals surface area contributed by atoms with Crippen LogP contribution < -0.4 is 4.90 Å². The third-order valence-electron chi connectivity index (χ3n) is 3.19. The van der Waals surface area contributed by atoms with Crippen LogP contribution in [0.5, 0.6) is 0 Å². The summed E-state index contributed by atoms with van der Waals surface area (Å²) in [7, 11) is 0. The van der Waals surface area contributed by atoms with Crippen LogP contribution in [0.15, 0.2) is 36.5 Å². The lowest BCUT2D eigenvalue weighted by molar-refractivity contribution is 0.628. The van der Waals surface area contributed by atoms with E-state index in [4.69, 9.17) is 11.6 Å². The Bertz CT molecular complexity index is 586. The van der Waals surface area contributed by atoms with Gasteiger partial charge in [0, 0.05) is 24.1 Å². The van der Waals surface area contributed by atoms with Crippen molar-refractivity contribution in [3.05, 3.63) is 53.6 Å². The molecule has 1 aliphatic heterocycles. The van der Waals surface area contributed by atoms with Gasteiger partial charge in [-0.1, -0.05) is 6.07 Å². The number of hydrogen-bond donors (Lipinski definition) is 0. The molecule has 0 atom stereocenters. The van der Waals surface area contributed by atoms with Gasteiger partial charge < -0.3 is 4.90 Å². The normalized spacial score (nSPS) is 13.8. The molecule has 92 valence electrons. The van der Waals surface area contributed by atoms with Gasteiger partial charge in [0.25, 0.3) is 0 Å². The van der Waals surface area contributed by atoms with Gasteiger partial charge in [0.2, 0.25) is 0 Å². The SMILES string of the molecule is Fc1ccc2c(c1)N(c1ccnc(CCl)c1)CC2. The van der Waals surface area contributed by atoms with Gasteiger partial charge in [0.1, 0.15) is 5.82 Å². The summed E-state index contributed by atoms with van der Waals surface area (Å²) in [5.74, 6) is 0.185. The molecule has 1 aliphatic rings. The Balaban J connectivity index is 2.02. The maximum atomic E-state index is 13.3. The van der Waals surface area contributed by atoms with Crippen LogP contribution in [0.3, 0.4) is 0 Å². The molecule has 2 nitrogen and oxygen atoms in total. The lowest BCUT2D eigenvalue weighted by Gasteiger charge is -2.19. The zero-order valence-electron chi connectivity index (χ0n) is 9.74. The Hall–Kier alpha value is -1.61. The highest BCUT2D eigenvalue weighted by Crippen LogP contribution is 2.34. The summed E-state index contributed by atoms with van der Waals surface area (Å²) in [6.45, 7) is 0.866. The van der Waals surface area contributed by atoms with Gasteiger partial charge in [-0.2, -0.15) is 0 Å². The zero-order valence-corrected chi connectivity index (χ0v) is 10.5. The Morgan fingerprint density at radius 2 is 2.17 bits per heavy atom.